The summed E-state index contributed by atoms with van der Waals surface area (Å²) in [6, 6.07) is 22.6. The maximum absolute atomic E-state index is 13.0. The SMILES string of the molecule is CC(=O)Nc1cccc(-c2ccc(C(=O)N3CCN4CCC3CC4)o2)c1.CC(=O)Nc1ccccc1-c1ccc(C(=O)N2CCN3CCC2CC3)o1. The molecular formula is C40H46N6O6. The Morgan fingerprint density at radius 2 is 1.12 bits per heavy atom. The maximum atomic E-state index is 13.0. The molecular weight excluding hydrogens is 660 g/mol. The van der Waals surface area contributed by atoms with Gasteiger partial charge in [0.1, 0.15) is 11.5 Å². The third kappa shape index (κ3) is 7.98. The lowest BCUT2D eigenvalue weighted by atomic mass is 10.1. The Hall–Kier alpha value is -5.20. The molecule has 10 rings (SSSR count). The van der Waals surface area contributed by atoms with Crippen molar-refractivity contribution in [2.75, 3.05) is 63.0 Å². The van der Waals surface area contributed by atoms with Gasteiger partial charge in [0, 0.05) is 95.1 Å². The summed E-state index contributed by atoms with van der Waals surface area (Å²) in [5, 5.41) is 5.56. The molecule has 4 amide bonds. The first-order valence-electron chi connectivity index (χ1n) is 18.2. The van der Waals surface area contributed by atoms with Crippen LogP contribution in [-0.4, -0.2) is 108 Å². The van der Waals surface area contributed by atoms with Gasteiger partial charge in [-0.05, 0) is 74.2 Å². The predicted octanol–water partition coefficient (Wildman–Crippen LogP) is 5.65. The number of anilines is 2. The van der Waals surface area contributed by atoms with Gasteiger partial charge in [0.15, 0.2) is 11.5 Å². The summed E-state index contributed by atoms with van der Waals surface area (Å²) in [5.74, 6) is 1.62. The smallest absolute Gasteiger partial charge is 0.289 e. The number of piperidine rings is 2. The number of nitrogens with zero attached hydrogens (tertiary/aromatic N) is 4. The van der Waals surface area contributed by atoms with E-state index in [2.05, 4.69) is 20.4 Å². The molecule has 12 nitrogen and oxygen atoms in total. The van der Waals surface area contributed by atoms with Crippen molar-refractivity contribution in [1.82, 2.24) is 19.6 Å². The van der Waals surface area contributed by atoms with E-state index < -0.39 is 0 Å². The molecule has 0 radical (unpaired) electrons. The van der Waals surface area contributed by atoms with Crippen LogP contribution < -0.4 is 10.6 Å². The average molecular weight is 707 g/mol. The topological polar surface area (TPSA) is 132 Å². The molecule has 0 atom stereocenters. The standard InChI is InChI=1S/2C20H23N3O3/c1-14(24)21-16-4-2-3-15(13-16)18-5-6-19(26-18)20(25)23-12-11-22-9-7-17(23)8-10-22;1-14(24)21-17-5-3-2-4-16(17)18-6-7-19(26-18)20(25)23-13-12-22-10-8-15(23)9-11-22/h2-6,13,17H,7-12H2,1H3,(H,21,24);2-7,15H,8-13H2,1H3,(H,21,24). The number of hydrogen-bond acceptors (Lipinski definition) is 8. The minimum absolute atomic E-state index is 0.0250. The van der Waals surface area contributed by atoms with Crippen LogP contribution in [0.25, 0.3) is 22.6 Å². The number of nitrogens with one attached hydrogen (secondary N) is 2. The molecule has 4 bridgehead atoms. The van der Waals surface area contributed by atoms with Crippen LogP contribution in [0.5, 0.6) is 0 Å². The highest BCUT2D eigenvalue weighted by molar-refractivity contribution is 5.95. The van der Waals surface area contributed by atoms with Crippen molar-refractivity contribution in [2.24, 2.45) is 0 Å². The molecule has 0 aliphatic carbocycles. The van der Waals surface area contributed by atoms with E-state index in [9.17, 15) is 19.2 Å². The van der Waals surface area contributed by atoms with Gasteiger partial charge >= 0.3 is 0 Å². The predicted molar refractivity (Wildman–Crippen MR) is 198 cm³/mol. The first kappa shape index (κ1) is 35.2. The minimum Gasteiger partial charge on any atom is -0.451 e. The summed E-state index contributed by atoms with van der Waals surface area (Å²) in [4.78, 5) is 57.4. The van der Waals surface area contributed by atoms with Crippen LogP contribution in [0.3, 0.4) is 0 Å². The van der Waals surface area contributed by atoms with E-state index >= 15 is 0 Å². The molecule has 6 saturated heterocycles. The van der Waals surface area contributed by atoms with Crippen molar-refractivity contribution in [3.63, 3.8) is 0 Å². The van der Waals surface area contributed by atoms with Crippen molar-refractivity contribution in [3.05, 3.63) is 84.3 Å². The van der Waals surface area contributed by atoms with Gasteiger partial charge < -0.3 is 39.1 Å². The van der Waals surface area contributed by atoms with Gasteiger partial charge in [-0.3, -0.25) is 19.2 Å². The molecule has 2 N–H and O–H groups in total. The van der Waals surface area contributed by atoms with Gasteiger partial charge in [0.25, 0.3) is 11.8 Å². The zero-order valence-corrected chi connectivity index (χ0v) is 29.8. The molecule has 4 aromatic rings. The summed E-state index contributed by atoms with van der Waals surface area (Å²) in [5.41, 5.74) is 2.98. The second-order valence-corrected chi connectivity index (χ2v) is 14.0. The number of benzene rings is 2. The van der Waals surface area contributed by atoms with Gasteiger partial charge in [0.05, 0.1) is 5.69 Å². The first-order chi connectivity index (χ1) is 25.2. The highest BCUT2D eigenvalue weighted by Crippen LogP contribution is 2.32. The number of hydrogen-bond donors (Lipinski definition) is 2. The average Bonchev–Trinajstić information content (AvgIpc) is 3.62. The Balaban J connectivity index is 0.000000162. The number of para-hydroxylation sites is 1. The molecule has 6 aliphatic rings. The molecule has 2 aromatic carbocycles. The van der Waals surface area contributed by atoms with Crippen LogP contribution in [0.15, 0.2) is 81.6 Å². The molecule has 272 valence electrons. The van der Waals surface area contributed by atoms with Crippen molar-refractivity contribution in [2.45, 2.75) is 51.6 Å². The molecule has 6 fully saturated rings. The van der Waals surface area contributed by atoms with E-state index in [0.717, 1.165) is 89.2 Å². The van der Waals surface area contributed by atoms with Crippen molar-refractivity contribution in [3.8, 4) is 22.6 Å². The number of carbonyl (C=O) groups excluding carboxylic acids is 4. The van der Waals surface area contributed by atoms with Gasteiger partial charge in [-0.1, -0.05) is 24.3 Å². The lowest BCUT2D eigenvalue weighted by Gasteiger charge is -2.30. The summed E-state index contributed by atoms with van der Waals surface area (Å²) in [7, 11) is 0. The number of fused-ring (bicyclic) bond motifs is 8. The molecule has 8 heterocycles. The molecule has 0 saturated carbocycles. The Labute approximate surface area is 303 Å². The Morgan fingerprint density at radius 1 is 0.577 bits per heavy atom. The lowest BCUT2D eigenvalue weighted by Crippen LogP contribution is -2.41. The van der Waals surface area contributed by atoms with Crippen LogP contribution in [0.4, 0.5) is 11.4 Å². The normalized spacial score (nSPS) is 22.1. The van der Waals surface area contributed by atoms with Crippen LogP contribution in [-0.2, 0) is 9.59 Å². The number of rotatable bonds is 6. The monoisotopic (exact) mass is 706 g/mol. The highest BCUT2D eigenvalue weighted by atomic mass is 16.4. The van der Waals surface area contributed by atoms with Crippen molar-refractivity contribution in [1.29, 1.82) is 0 Å². The van der Waals surface area contributed by atoms with E-state index in [1.54, 1.807) is 18.2 Å². The molecule has 0 spiro atoms. The third-order valence-corrected chi connectivity index (χ3v) is 10.4. The summed E-state index contributed by atoms with van der Waals surface area (Å²) < 4.78 is 11.8. The number of carbonyl (C=O) groups is 4. The third-order valence-electron chi connectivity index (χ3n) is 10.4. The quantitative estimate of drug-likeness (QED) is 0.263. The van der Waals surface area contributed by atoms with E-state index in [4.69, 9.17) is 8.83 Å². The van der Waals surface area contributed by atoms with Crippen LogP contribution in [0.1, 0.15) is 60.6 Å². The van der Waals surface area contributed by atoms with E-state index in [1.807, 2.05) is 64.4 Å². The Kier molecular flexibility index (Phi) is 10.6. The second kappa shape index (κ2) is 15.6. The fourth-order valence-corrected chi connectivity index (χ4v) is 7.75. The van der Waals surface area contributed by atoms with Crippen LogP contribution >= 0.6 is 0 Å². The van der Waals surface area contributed by atoms with E-state index in [0.29, 0.717) is 46.5 Å². The Morgan fingerprint density at radius 3 is 1.69 bits per heavy atom. The molecule has 12 heteroatoms. The largest absolute Gasteiger partial charge is 0.451 e. The van der Waals surface area contributed by atoms with Gasteiger partial charge in [-0.2, -0.15) is 0 Å². The van der Waals surface area contributed by atoms with Crippen molar-refractivity contribution >= 4 is 35.0 Å². The minimum atomic E-state index is -0.143. The van der Waals surface area contributed by atoms with Gasteiger partial charge in [0.2, 0.25) is 11.8 Å². The van der Waals surface area contributed by atoms with E-state index in [-0.39, 0.29) is 23.6 Å². The fourth-order valence-electron chi connectivity index (χ4n) is 7.75. The fraction of sp³-hybridized carbons (Fsp3) is 0.400. The van der Waals surface area contributed by atoms with E-state index in [1.165, 1.54) is 13.8 Å². The van der Waals surface area contributed by atoms with Crippen LogP contribution in [0, 0.1) is 0 Å². The molecule has 0 unspecified atom stereocenters. The first-order valence-corrected chi connectivity index (χ1v) is 18.2. The van der Waals surface area contributed by atoms with Crippen LogP contribution in [0.2, 0.25) is 0 Å². The highest BCUT2D eigenvalue weighted by Gasteiger charge is 2.35. The molecule has 6 aliphatic heterocycles. The molecule has 52 heavy (non-hydrogen) atoms. The lowest BCUT2D eigenvalue weighted by molar-refractivity contribution is -0.115. The second-order valence-electron chi connectivity index (χ2n) is 14.0. The molecule has 2 aromatic heterocycles. The Bertz CT molecular complexity index is 1920. The van der Waals surface area contributed by atoms with Gasteiger partial charge in [-0.25, -0.2) is 0 Å². The summed E-state index contributed by atoms with van der Waals surface area (Å²) in [6.07, 6.45) is 4.14. The van der Waals surface area contributed by atoms with Crippen molar-refractivity contribution < 1.29 is 28.0 Å². The number of furan rings is 2. The number of amides is 4. The maximum Gasteiger partial charge on any atom is 0.289 e. The van der Waals surface area contributed by atoms with Gasteiger partial charge in [-0.15, -0.1) is 0 Å². The summed E-state index contributed by atoms with van der Waals surface area (Å²) >= 11 is 0. The summed E-state index contributed by atoms with van der Waals surface area (Å²) in [6.45, 7) is 10.6. The zero-order valence-electron chi connectivity index (χ0n) is 29.8. The zero-order chi connectivity index (χ0) is 36.2.